The van der Waals surface area contributed by atoms with Gasteiger partial charge < -0.3 is 19.5 Å². The normalized spacial score (nSPS) is 24.9. The summed E-state index contributed by atoms with van der Waals surface area (Å²) in [6.07, 6.45) is 0.492. The van der Waals surface area contributed by atoms with Crippen molar-refractivity contribution in [2.45, 2.75) is 63.9 Å². The maximum absolute atomic E-state index is 12.6. The molecule has 0 radical (unpaired) electrons. The number of alkyl carbamates (subject to hydrolysis) is 1. The van der Waals surface area contributed by atoms with Crippen LogP contribution in [-0.2, 0) is 20.8 Å². The van der Waals surface area contributed by atoms with Crippen LogP contribution in [0.25, 0.3) is 0 Å². The van der Waals surface area contributed by atoms with Gasteiger partial charge in [-0.15, -0.1) is 0 Å². The Morgan fingerprint density at radius 3 is 2.37 bits per heavy atom. The summed E-state index contributed by atoms with van der Waals surface area (Å²) >= 11 is 0. The highest BCUT2D eigenvalue weighted by Gasteiger charge is 2.43. The number of benzene rings is 1. The zero-order chi connectivity index (χ0) is 19.4. The maximum Gasteiger partial charge on any atom is 0.410 e. The highest BCUT2D eigenvalue weighted by atomic mass is 16.6. The average molecular weight is 376 g/mol. The van der Waals surface area contributed by atoms with E-state index in [1.54, 1.807) is 4.90 Å². The van der Waals surface area contributed by atoms with Crippen molar-refractivity contribution >= 4 is 12.2 Å². The van der Waals surface area contributed by atoms with Gasteiger partial charge in [0.2, 0.25) is 0 Å². The zero-order valence-electron chi connectivity index (χ0n) is 16.1. The number of ether oxygens (including phenoxy) is 3. The maximum atomic E-state index is 12.6. The molecular formula is C20H28N2O5. The highest BCUT2D eigenvalue weighted by Crippen LogP contribution is 2.29. The number of hydrogen-bond donors (Lipinski definition) is 1. The summed E-state index contributed by atoms with van der Waals surface area (Å²) in [5, 5.41) is 2.93. The third kappa shape index (κ3) is 5.35. The van der Waals surface area contributed by atoms with Gasteiger partial charge in [-0.3, -0.25) is 4.90 Å². The molecular weight excluding hydrogens is 348 g/mol. The summed E-state index contributed by atoms with van der Waals surface area (Å²) < 4.78 is 16.5. The summed E-state index contributed by atoms with van der Waals surface area (Å²) in [5.41, 5.74) is 0.403. The van der Waals surface area contributed by atoms with E-state index in [1.165, 1.54) is 0 Å². The zero-order valence-corrected chi connectivity index (χ0v) is 16.1. The van der Waals surface area contributed by atoms with Crippen molar-refractivity contribution in [1.82, 2.24) is 10.2 Å². The van der Waals surface area contributed by atoms with Crippen LogP contribution in [0.3, 0.4) is 0 Å². The largest absolute Gasteiger partial charge is 0.445 e. The summed E-state index contributed by atoms with van der Waals surface area (Å²) in [6, 6.07) is 9.30. The quantitative estimate of drug-likeness (QED) is 0.877. The summed E-state index contributed by atoms with van der Waals surface area (Å²) in [4.78, 5) is 26.5. The van der Waals surface area contributed by atoms with E-state index in [-0.39, 0.29) is 30.8 Å². The topological polar surface area (TPSA) is 77.1 Å². The molecule has 2 bridgehead atoms. The molecule has 27 heavy (non-hydrogen) atoms. The smallest absolute Gasteiger partial charge is 0.410 e. The number of amides is 2. The van der Waals surface area contributed by atoms with Gasteiger partial charge in [-0.2, -0.15) is 0 Å². The minimum atomic E-state index is -0.539. The number of hydrogen-bond acceptors (Lipinski definition) is 5. The molecule has 0 saturated carbocycles. The predicted octanol–water partition coefficient (Wildman–Crippen LogP) is 3.08. The molecule has 0 aliphatic carbocycles. The van der Waals surface area contributed by atoms with Gasteiger partial charge in [0, 0.05) is 6.04 Å². The van der Waals surface area contributed by atoms with Crippen LogP contribution in [0.4, 0.5) is 9.59 Å². The molecule has 1 aromatic carbocycles. The molecule has 3 rings (SSSR count). The Hall–Kier alpha value is -2.28. The molecule has 1 N–H and O–H groups in total. The molecule has 148 valence electrons. The fourth-order valence-electron chi connectivity index (χ4n) is 3.58. The van der Waals surface area contributed by atoms with Gasteiger partial charge >= 0.3 is 12.2 Å². The number of nitrogens with one attached hydrogen (secondary N) is 1. The molecule has 2 aliphatic heterocycles. The fraction of sp³-hybridized carbons (Fsp3) is 0.600. The van der Waals surface area contributed by atoms with E-state index in [1.807, 2.05) is 51.1 Å². The lowest BCUT2D eigenvalue weighted by Crippen LogP contribution is -2.63. The van der Waals surface area contributed by atoms with E-state index >= 15 is 0 Å². The summed E-state index contributed by atoms with van der Waals surface area (Å²) in [5.74, 6) is 0. The second-order valence-electron chi connectivity index (χ2n) is 8.11. The number of morpholine rings is 1. The Balaban J connectivity index is 1.53. The molecule has 2 heterocycles. The number of carbonyl (C=O) groups is 2. The average Bonchev–Trinajstić information content (AvgIpc) is 2.58. The van der Waals surface area contributed by atoms with Crippen molar-refractivity contribution in [3.63, 3.8) is 0 Å². The Labute approximate surface area is 160 Å². The van der Waals surface area contributed by atoms with Crippen molar-refractivity contribution in [3.05, 3.63) is 35.9 Å². The van der Waals surface area contributed by atoms with Crippen molar-refractivity contribution in [2.24, 2.45) is 0 Å². The second kappa shape index (κ2) is 8.17. The number of piperidine rings is 1. The Morgan fingerprint density at radius 2 is 1.78 bits per heavy atom. The lowest BCUT2D eigenvalue weighted by Gasteiger charge is -2.48. The van der Waals surface area contributed by atoms with Crippen molar-refractivity contribution in [3.8, 4) is 0 Å². The highest BCUT2D eigenvalue weighted by molar-refractivity contribution is 5.70. The van der Waals surface area contributed by atoms with E-state index in [9.17, 15) is 9.59 Å². The molecule has 2 amide bonds. The van der Waals surface area contributed by atoms with Crippen LogP contribution >= 0.6 is 0 Å². The third-order valence-electron chi connectivity index (χ3n) is 4.66. The second-order valence-corrected chi connectivity index (χ2v) is 8.11. The van der Waals surface area contributed by atoms with E-state index in [0.717, 1.165) is 5.56 Å². The molecule has 7 nitrogen and oxygen atoms in total. The molecule has 2 saturated heterocycles. The first-order valence-corrected chi connectivity index (χ1v) is 9.38. The third-order valence-corrected chi connectivity index (χ3v) is 4.66. The number of nitrogens with zero attached hydrogens (tertiary/aromatic N) is 1. The first-order valence-electron chi connectivity index (χ1n) is 9.38. The molecule has 0 aromatic heterocycles. The number of rotatable bonds is 3. The molecule has 2 unspecified atom stereocenters. The molecule has 2 fully saturated rings. The van der Waals surface area contributed by atoms with Crippen LogP contribution in [0.1, 0.15) is 39.2 Å². The van der Waals surface area contributed by atoms with Gasteiger partial charge in [0.25, 0.3) is 0 Å². The molecule has 0 spiro atoms. The molecule has 1 aromatic rings. The first-order chi connectivity index (χ1) is 12.8. The van der Waals surface area contributed by atoms with E-state index in [0.29, 0.717) is 26.1 Å². The van der Waals surface area contributed by atoms with E-state index in [2.05, 4.69) is 5.32 Å². The van der Waals surface area contributed by atoms with Gasteiger partial charge in [0.1, 0.15) is 12.2 Å². The monoisotopic (exact) mass is 376 g/mol. The van der Waals surface area contributed by atoms with E-state index in [4.69, 9.17) is 14.2 Å². The molecule has 2 aliphatic rings. The minimum absolute atomic E-state index is 0.0501. The summed E-state index contributed by atoms with van der Waals surface area (Å²) in [6.45, 7) is 6.70. The van der Waals surface area contributed by atoms with Gasteiger partial charge in [-0.25, -0.2) is 9.59 Å². The van der Waals surface area contributed by atoms with E-state index < -0.39 is 11.7 Å². The van der Waals surface area contributed by atoms with Gasteiger partial charge in [0.05, 0.1) is 25.3 Å². The lowest BCUT2D eigenvalue weighted by molar-refractivity contribution is -0.0838. The SMILES string of the molecule is CC(C)(C)OC(=O)N1C2COCC1CC(NC(=O)OCc1ccccc1)C2. The fourth-order valence-corrected chi connectivity index (χ4v) is 3.58. The lowest BCUT2D eigenvalue weighted by atomic mass is 9.90. The standard InChI is InChI=1S/C20H28N2O5/c1-20(2,3)27-19(24)22-16-9-15(10-17(22)13-25-12-16)21-18(23)26-11-14-7-5-4-6-8-14/h4-8,15-17H,9-13H2,1-3H3,(H,21,23). The van der Waals surface area contributed by atoms with Gasteiger partial charge in [-0.1, -0.05) is 30.3 Å². The van der Waals surface area contributed by atoms with Crippen molar-refractivity contribution in [2.75, 3.05) is 13.2 Å². The Morgan fingerprint density at radius 1 is 1.15 bits per heavy atom. The predicted molar refractivity (Wildman–Crippen MR) is 99.3 cm³/mol. The van der Waals surface area contributed by atoms with Crippen LogP contribution in [0.2, 0.25) is 0 Å². The number of fused-ring (bicyclic) bond motifs is 2. The van der Waals surface area contributed by atoms with Gasteiger partial charge in [0.15, 0.2) is 0 Å². The first kappa shape index (κ1) is 19.5. The Kier molecular flexibility index (Phi) is 5.89. The van der Waals surface area contributed by atoms with Crippen LogP contribution in [-0.4, -0.2) is 54.0 Å². The van der Waals surface area contributed by atoms with Gasteiger partial charge in [-0.05, 0) is 39.2 Å². The Bertz CT molecular complexity index is 644. The summed E-state index contributed by atoms with van der Waals surface area (Å²) in [7, 11) is 0. The minimum Gasteiger partial charge on any atom is -0.445 e. The van der Waals surface area contributed by atoms with Crippen molar-refractivity contribution in [1.29, 1.82) is 0 Å². The van der Waals surface area contributed by atoms with Crippen LogP contribution in [0.15, 0.2) is 30.3 Å². The number of carbonyl (C=O) groups excluding carboxylic acids is 2. The molecule has 2 atom stereocenters. The molecule has 7 heteroatoms. The van der Waals surface area contributed by atoms with Crippen molar-refractivity contribution < 1.29 is 23.8 Å². The van der Waals surface area contributed by atoms with Crippen LogP contribution in [0.5, 0.6) is 0 Å². The van der Waals surface area contributed by atoms with Crippen LogP contribution < -0.4 is 5.32 Å². The van der Waals surface area contributed by atoms with Crippen LogP contribution in [0, 0.1) is 0 Å².